The summed E-state index contributed by atoms with van der Waals surface area (Å²) in [4.78, 5) is 14.4. The van der Waals surface area contributed by atoms with Gasteiger partial charge < -0.3 is 19.1 Å². The summed E-state index contributed by atoms with van der Waals surface area (Å²) in [6, 6.07) is 15.1. The molecular weight excluding hydrogens is 426 g/mol. The van der Waals surface area contributed by atoms with Crippen LogP contribution in [0.25, 0.3) is 17.2 Å². The second-order valence-electron chi connectivity index (χ2n) is 8.74. The van der Waals surface area contributed by atoms with Gasteiger partial charge in [-0.1, -0.05) is 31.5 Å². The van der Waals surface area contributed by atoms with Crippen molar-refractivity contribution in [3.63, 3.8) is 0 Å². The van der Waals surface area contributed by atoms with E-state index in [2.05, 4.69) is 49.1 Å². The Morgan fingerprint density at radius 2 is 1.82 bits per heavy atom. The molecule has 1 saturated heterocycles. The summed E-state index contributed by atoms with van der Waals surface area (Å²) in [6.45, 7) is 9.61. The monoisotopic (exact) mass is 465 g/mol. The van der Waals surface area contributed by atoms with E-state index in [1.165, 1.54) is 31.0 Å². The predicted molar refractivity (Wildman–Crippen MR) is 139 cm³/mol. The molecule has 0 N–H and O–H groups in total. The normalized spacial score (nSPS) is 16.1. The van der Waals surface area contributed by atoms with E-state index in [-0.39, 0.29) is 5.97 Å². The number of hydrogen-bond acceptors (Lipinski definition) is 5. The van der Waals surface area contributed by atoms with E-state index in [1.807, 2.05) is 25.1 Å². The highest BCUT2D eigenvalue weighted by Crippen LogP contribution is 2.33. The molecule has 0 aliphatic carbocycles. The molecule has 0 radical (unpaired) electrons. The number of carbonyl (C=O) groups is 1. The fourth-order valence-electron chi connectivity index (χ4n) is 4.24. The van der Waals surface area contributed by atoms with Gasteiger partial charge in [0.1, 0.15) is 12.4 Å². The summed E-state index contributed by atoms with van der Waals surface area (Å²) in [5.74, 6) is 0.523. The number of benzene rings is 2. The van der Waals surface area contributed by atoms with Crippen molar-refractivity contribution in [1.82, 2.24) is 0 Å². The molecule has 1 aliphatic heterocycles. The molecule has 0 saturated carbocycles. The molecule has 1 heterocycles. The zero-order valence-electron chi connectivity index (χ0n) is 20.9. The minimum Gasteiger partial charge on any atom is -0.491 e. The molecule has 1 unspecified atom stereocenters. The molecule has 1 atom stereocenters. The molecule has 0 spiro atoms. The lowest BCUT2D eigenvalue weighted by molar-refractivity contribution is -0.137. The zero-order chi connectivity index (χ0) is 24.2. The summed E-state index contributed by atoms with van der Waals surface area (Å²) in [6.07, 6.45) is 9.28. The second kappa shape index (κ2) is 13.8. The Morgan fingerprint density at radius 1 is 1.03 bits per heavy atom. The number of hydrogen-bond donors (Lipinski definition) is 0. The number of anilines is 1. The van der Waals surface area contributed by atoms with Gasteiger partial charge in [-0.15, -0.1) is 0 Å². The minimum atomic E-state index is -0.314. The van der Waals surface area contributed by atoms with E-state index < -0.39 is 0 Å². The van der Waals surface area contributed by atoms with Gasteiger partial charge in [-0.2, -0.15) is 0 Å². The lowest BCUT2D eigenvalue weighted by atomic mass is 9.97. The molecule has 1 aliphatic rings. The summed E-state index contributed by atoms with van der Waals surface area (Å²) in [7, 11) is 0. The maximum absolute atomic E-state index is 12.0. The zero-order valence-corrected chi connectivity index (χ0v) is 20.9. The fourth-order valence-corrected chi connectivity index (χ4v) is 4.24. The van der Waals surface area contributed by atoms with Crippen molar-refractivity contribution in [2.75, 3.05) is 37.9 Å². The Morgan fingerprint density at radius 3 is 2.56 bits per heavy atom. The highest BCUT2D eigenvalue weighted by molar-refractivity contribution is 5.89. The molecule has 5 heteroatoms. The number of carbonyl (C=O) groups excluding carboxylic acids is 1. The Labute approximate surface area is 204 Å². The van der Waals surface area contributed by atoms with Crippen LogP contribution >= 0.6 is 0 Å². The van der Waals surface area contributed by atoms with E-state index in [1.54, 1.807) is 0 Å². The standard InChI is InChI=1S/C29H39NO4/c1-4-6-19-32-20-21-34-27-14-10-24(11-15-27)25-12-16-28(30-18-8-7-9-23(30)3)26(22-25)13-17-29(31)33-5-2/h10-17,22-23H,4-9,18-21H2,1-3H3. The summed E-state index contributed by atoms with van der Waals surface area (Å²) < 4.78 is 16.5. The van der Waals surface area contributed by atoms with Gasteiger partial charge in [0.15, 0.2) is 0 Å². The number of unbranched alkanes of at least 4 members (excludes halogenated alkanes) is 1. The molecule has 3 rings (SSSR count). The first-order chi connectivity index (χ1) is 16.6. The Balaban J connectivity index is 1.75. The van der Waals surface area contributed by atoms with Crippen molar-refractivity contribution < 1.29 is 19.0 Å². The second-order valence-corrected chi connectivity index (χ2v) is 8.74. The van der Waals surface area contributed by atoms with Crippen LogP contribution in [0.3, 0.4) is 0 Å². The highest BCUT2D eigenvalue weighted by Gasteiger charge is 2.20. The average Bonchev–Trinajstić information content (AvgIpc) is 2.86. The first-order valence-electron chi connectivity index (χ1n) is 12.7. The van der Waals surface area contributed by atoms with E-state index in [9.17, 15) is 4.79 Å². The molecule has 2 aromatic carbocycles. The van der Waals surface area contributed by atoms with Gasteiger partial charge in [0.05, 0.1) is 13.2 Å². The largest absolute Gasteiger partial charge is 0.491 e. The molecule has 184 valence electrons. The van der Waals surface area contributed by atoms with Crippen molar-refractivity contribution in [2.45, 2.75) is 58.9 Å². The molecule has 5 nitrogen and oxygen atoms in total. The van der Waals surface area contributed by atoms with E-state index >= 15 is 0 Å². The topological polar surface area (TPSA) is 48.0 Å². The van der Waals surface area contributed by atoms with E-state index in [0.29, 0.717) is 25.9 Å². The van der Waals surface area contributed by atoms with Gasteiger partial charge in [0, 0.05) is 31.0 Å². The molecule has 1 fully saturated rings. The van der Waals surface area contributed by atoms with Crippen LogP contribution in [0.4, 0.5) is 5.69 Å². The van der Waals surface area contributed by atoms with Crippen molar-refractivity contribution in [2.24, 2.45) is 0 Å². The van der Waals surface area contributed by atoms with Crippen LogP contribution in [0.2, 0.25) is 0 Å². The predicted octanol–water partition coefficient (Wildman–Crippen LogP) is 6.50. The lowest BCUT2D eigenvalue weighted by Gasteiger charge is -2.36. The summed E-state index contributed by atoms with van der Waals surface area (Å²) >= 11 is 0. The van der Waals surface area contributed by atoms with Crippen LogP contribution < -0.4 is 9.64 Å². The third-order valence-corrected chi connectivity index (χ3v) is 6.15. The van der Waals surface area contributed by atoms with Crippen molar-refractivity contribution >= 4 is 17.7 Å². The molecule has 0 bridgehead atoms. The SMILES string of the molecule is CCCCOCCOc1ccc(-c2ccc(N3CCCCC3C)c(C=CC(=O)OCC)c2)cc1. The average molecular weight is 466 g/mol. The Kier molecular flexibility index (Phi) is 10.5. The first kappa shape index (κ1) is 25.8. The summed E-state index contributed by atoms with van der Waals surface area (Å²) in [5.41, 5.74) is 4.41. The van der Waals surface area contributed by atoms with E-state index in [4.69, 9.17) is 14.2 Å². The van der Waals surface area contributed by atoms with Crippen LogP contribution in [0.15, 0.2) is 48.5 Å². The third kappa shape index (κ3) is 7.63. The number of esters is 1. The van der Waals surface area contributed by atoms with Crippen molar-refractivity contribution in [3.8, 4) is 16.9 Å². The van der Waals surface area contributed by atoms with Gasteiger partial charge in [-0.3, -0.25) is 0 Å². The van der Waals surface area contributed by atoms with Crippen molar-refractivity contribution in [3.05, 3.63) is 54.1 Å². The Bertz CT molecular complexity index is 922. The lowest BCUT2D eigenvalue weighted by Crippen LogP contribution is -2.37. The van der Waals surface area contributed by atoms with Crippen LogP contribution in [-0.2, 0) is 14.3 Å². The van der Waals surface area contributed by atoms with Crippen LogP contribution in [0.1, 0.15) is 58.4 Å². The molecule has 34 heavy (non-hydrogen) atoms. The van der Waals surface area contributed by atoms with Crippen LogP contribution in [0, 0.1) is 0 Å². The maximum atomic E-state index is 12.0. The van der Waals surface area contributed by atoms with Gasteiger partial charge >= 0.3 is 5.97 Å². The molecule has 2 aromatic rings. The first-order valence-corrected chi connectivity index (χ1v) is 12.7. The minimum absolute atomic E-state index is 0.314. The fraction of sp³-hybridized carbons (Fsp3) is 0.483. The maximum Gasteiger partial charge on any atom is 0.330 e. The number of ether oxygens (including phenoxy) is 3. The third-order valence-electron chi connectivity index (χ3n) is 6.15. The number of nitrogens with zero attached hydrogens (tertiary/aromatic N) is 1. The van der Waals surface area contributed by atoms with Crippen LogP contribution in [0.5, 0.6) is 5.75 Å². The van der Waals surface area contributed by atoms with Crippen LogP contribution in [-0.4, -0.2) is 45.0 Å². The van der Waals surface area contributed by atoms with Crippen molar-refractivity contribution in [1.29, 1.82) is 0 Å². The van der Waals surface area contributed by atoms with Gasteiger partial charge in [-0.05, 0) is 86.6 Å². The smallest absolute Gasteiger partial charge is 0.330 e. The van der Waals surface area contributed by atoms with Gasteiger partial charge in [0.2, 0.25) is 0 Å². The Hall–Kier alpha value is -2.79. The quantitative estimate of drug-likeness (QED) is 0.203. The van der Waals surface area contributed by atoms with Gasteiger partial charge in [-0.25, -0.2) is 4.79 Å². The molecule has 0 amide bonds. The van der Waals surface area contributed by atoms with Gasteiger partial charge in [0.25, 0.3) is 0 Å². The highest BCUT2D eigenvalue weighted by atomic mass is 16.5. The molecular formula is C29H39NO4. The van der Waals surface area contributed by atoms with E-state index in [0.717, 1.165) is 48.4 Å². The molecule has 0 aromatic heterocycles. The number of rotatable bonds is 12. The summed E-state index contributed by atoms with van der Waals surface area (Å²) in [5, 5.41) is 0. The number of piperidine rings is 1.